The van der Waals surface area contributed by atoms with E-state index < -0.39 is 0 Å². The van der Waals surface area contributed by atoms with E-state index in [-0.39, 0.29) is 18.0 Å². The fraction of sp³-hybridized carbons (Fsp3) is 0.625. The van der Waals surface area contributed by atoms with E-state index >= 15 is 0 Å². The molecule has 1 rings (SSSR count). The first-order chi connectivity index (χ1) is 14.6. The third-order valence-corrected chi connectivity index (χ3v) is 3.80. The first kappa shape index (κ1) is 33.4. The van der Waals surface area contributed by atoms with Crippen LogP contribution in [0.3, 0.4) is 0 Å². The van der Waals surface area contributed by atoms with Crippen molar-refractivity contribution in [3.05, 3.63) is 35.9 Å². The number of carbonyl (C=O) groups excluding carboxylic acids is 3. The van der Waals surface area contributed by atoms with Gasteiger partial charge in [-0.05, 0) is 53.7 Å². The molecule has 0 radical (unpaired) electrons. The molecule has 1 aromatic carbocycles. The average Bonchev–Trinajstić information content (AvgIpc) is 2.75. The van der Waals surface area contributed by atoms with Gasteiger partial charge in [0.25, 0.3) is 0 Å². The van der Waals surface area contributed by atoms with Gasteiger partial charge in [-0.1, -0.05) is 44.2 Å². The highest BCUT2D eigenvalue weighted by Gasteiger charge is 2.06. The Morgan fingerprint density at radius 2 is 1.58 bits per heavy atom. The van der Waals surface area contributed by atoms with E-state index in [0.717, 1.165) is 18.3 Å². The summed E-state index contributed by atoms with van der Waals surface area (Å²) in [5, 5.41) is 8.37. The van der Waals surface area contributed by atoms with Crippen LogP contribution in [0.15, 0.2) is 30.3 Å². The summed E-state index contributed by atoms with van der Waals surface area (Å²) in [4.78, 5) is 31.3. The van der Waals surface area contributed by atoms with Crippen molar-refractivity contribution in [1.29, 1.82) is 0 Å². The van der Waals surface area contributed by atoms with Gasteiger partial charge in [0, 0.05) is 37.0 Å². The Morgan fingerprint density at radius 3 is 1.94 bits per heavy atom. The predicted octanol–water partition coefficient (Wildman–Crippen LogP) is 2.82. The van der Waals surface area contributed by atoms with Crippen LogP contribution in [0.2, 0.25) is 0 Å². The lowest BCUT2D eigenvalue weighted by molar-refractivity contribution is -0.121. The SMILES string of the molecule is CC.CC(CN)NC=O.CNC(C)(C)C.C[C@H](CC=O)NC(=O)CCc1ccccc1. The summed E-state index contributed by atoms with van der Waals surface area (Å²) in [5.41, 5.74) is 6.58. The zero-order valence-electron chi connectivity index (χ0n) is 20.8. The van der Waals surface area contributed by atoms with Crippen molar-refractivity contribution in [2.24, 2.45) is 5.73 Å². The van der Waals surface area contributed by atoms with Gasteiger partial charge in [0.05, 0.1) is 0 Å². The fourth-order valence-corrected chi connectivity index (χ4v) is 1.64. The van der Waals surface area contributed by atoms with Gasteiger partial charge in [-0.2, -0.15) is 0 Å². The van der Waals surface area contributed by atoms with Crippen LogP contribution < -0.4 is 21.7 Å². The first-order valence-corrected chi connectivity index (χ1v) is 10.9. The van der Waals surface area contributed by atoms with Crippen LogP contribution >= 0.6 is 0 Å². The van der Waals surface area contributed by atoms with E-state index in [1.165, 1.54) is 0 Å². The monoisotopic (exact) mass is 438 g/mol. The zero-order valence-corrected chi connectivity index (χ0v) is 20.8. The molecule has 1 unspecified atom stereocenters. The number of aldehydes is 1. The first-order valence-electron chi connectivity index (χ1n) is 10.9. The normalized spacial score (nSPS) is 11.5. The topological polar surface area (TPSA) is 113 Å². The maximum atomic E-state index is 11.5. The molecule has 180 valence electrons. The van der Waals surface area contributed by atoms with Crippen LogP contribution in [0.1, 0.15) is 66.9 Å². The highest BCUT2D eigenvalue weighted by atomic mass is 16.1. The van der Waals surface area contributed by atoms with Crippen molar-refractivity contribution in [1.82, 2.24) is 16.0 Å². The van der Waals surface area contributed by atoms with Gasteiger partial charge in [-0.3, -0.25) is 9.59 Å². The minimum Gasteiger partial charge on any atom is -0.355 e. The minimum atomic E-state index is -0.0687. The fourth-order valence-electron chi connectivity index (χ4n) is 1.64. The molecule has 0 fully saturated rings. The lowest BCUT2D eigenvalue weighted by Gasteiger charge is -2.15. The molecule has 2 atom stereocenters. The summed E-state index contributed by atoms with van der Waals surface area (Å²) in [6, 6.07) is 9.92. The van der Waals surface area contributed by atoms with Crippen molar-refractivity contribution < 1.29 is 14.4 Å². The molecule has 2 amide bonds. The van der Waals surface area contributed by atoms with Crippen LogP contribution in [-0.4, -0.2) is 49.8 Å². The molecule has 7 heteroatoms. The maximum absolute atomic E-state index is 11.5. The molecule has 5 N–H and O–H groups in total. The summed E-state index contributed by atoms with van der Waals surface area (Å²) in [6.45, 7) is 14.6. The van der Waals surface area contributed by atoms with Crippen molar-refractivity contribution in [3.8, 4) is 0 Å². The quantitative estimate of drug-likeness (QED) is 0.443. The third-order valence-electron chi connectivity index (χ3n) is 3.80. The third kappa shape index (κ3) is 27.8. The second kappa shape index (κ2) is 22.4. The molecule has 0 bridgehead atoms. The molecule has 0 aromatic heterocycles. The van der Waals surface area contributed by atoms with E-state index in [0.29, 0.717) is 31.3 Å². The summed E-state index contributed by atoms with van der Waals surface area (Å²) in [7, 11) is 1.96. The smallest absolute Gasteiger partial charge is 0.220 e. The summed E-state index contributed by atoms with van der Waals surface area (Å²) >= 11 is 0. The summed E-state index contributed by atoms with van der Waals surface area (Å²) < 4.78 is 0. The molecule has 1 aromatic rings. The van der Waals surface area contributed by atoms with Crippen molar-refractivity contribution in [3.63, 3.8) is 0 Å². The minimum absolute atomic E-state index is 0.00166. The highest BCUT2D eigenvalue weighted by Crippen LogP contribution is 2.02. The number of benzene rings is 1. The Kier molecular flexibility index (Phi) is 24.2. The summed E-state index contributed by atoms with van der Waals surface area (Å²) in [5.74, 6) is -0.00166. The van der Waals surface area contributed by atoms with Crippen molar-refractivity contribution >= 4 is 18.6 Å². The number of amides is 2. The van der Waals surface area contributed by atoms with Gasteiger partial charge in [-0.15, -0.1) is 0 Å². The number of carbonyl (C=O) groups is 3. The van der Waals surface area contributed by atoms with Gasteiger partial charge in [0.1, 0.15) is 6.29 Å². The Hall–Kier alpha value is -2.25. The van der Waals surface area contributed by atoms with Gasteiger partial charge < -0.3 is 26.5 Å². The molecule has 0 aliphatic rings. The van der Waals surface area contributed by atoms with Crippen molar-refractivity contribution in [2.75, 3.05) is 13.6 Å². The van der Waals surface area contributed by atoms with Gasteiger partial charge in [0.2, 0.25) is 12.3 Å². The van der Waals surface area contributed by atoms with E-state index in [4.69, 9.17) is 5.73 Å². The number of rotatable bonds is 9. The van der Waals surface area contributed by atoms with Gasteiger partial charge >= 0.3 is 0 Å². The van der Waals surface area contributed by atoms with Gasteiger partial charge in [0.15, 0.2) is 0 Å². The Balaban J connectivity index is -0.000000434. The number of aryl methyl sites for hydroxylation is 1. The predicted molar refractivity (Wildman–Crippen MR) is 131 cm³/mol. The maximum Gasteiger partial charge on any atom is 0.220 e. The van der Waals surface area contributed by atoms with Gasteiger partial charge in [-0.25, -0.2) is 0 Å². The molecular weight excluding hydrogens is 392 g/mol. The molecule has 0 aliphatic carbocycles. The lowest BCUT2D eigenvalue weighted by Crippen LogP contribution is -2.32. The number of nitrogens with one attached hydrogen (secondary N) is 3. The summed E-state index contributed by atoms with van der Waals surface area (Å²) in [6.07, 6.45) is 3.05. The molecule has 7 nitrogen and oxygen atoms in total. The molecule has 0 aliphatic heterocycles. The van der Waals surface area contributed by atoms with Crippen molar-refractivity contribution in [2.45, 2.75) is 85.4 Å². The van der Waals surface area contributed by atoms with E-state index in [2.05, 4.69) is 36.7 Å². The van der Waals surface area contributed by atoms with Crippen LogP contribution in [0.25, 0.3) is 0 Å². The Bertz CT molecular complexity index is 546. The van der Waals surface area contributed by atoms with Crippen LogP contribution in [0.5, 0.6) is 0 Å². The second-order valence-corrected chi connectivity index (χ2v) is 7.78. The Morgan fingerprint density at radius 1 is 1.06 bits per heavy atom. The highest BCUT2D eigenvalue weighted by molar-refractivity contribution is 5.76. The van der Waals surface area contributed by atoms with Crippen LogP contribution in [0.4, 0.5) is 0 Å². The molecular formula is C24H46N4O3. The molecule has 0 saturated carbocycles. The van der Waals surface area contributed by atoms with Crippen LogP contribution in [0, 0.1) is 0 Å². The Labute approximate surface area is 189 Å². The lowest BCUT2D eigenvalue weighted by atomic mass is 10.1. The standard InChI is InChI=1S/C13H17NO2.C5H13N.C4H10N2O.C2H6/c1-11(9-10-15)14-13(16)8-7-12-5-3-2-4-6-12;1-5(2,3)6-4;1-4(2-5)6-3-7;1-2/h2-6,10-11H,7-9H2,1H3,(H,14,16);6H,1-4H3;3-4H,2,5H2,1H3,(H,6,7);1-2H3/t11-;;;/m1.../s1. The van der Waals surface area contributed by atoms with Crippen LogP contribution in [-0.2, 0) is 20.8 Å². The number of hydrogen-bond acceptors (Lipinski definition) is 5. The average molecular weight is 439 g/mol. The molecule has 31 heavy (non-hydrogen) atoms. The van der Waals surface area contributed by atoms with E-state index in [9.17, 15) is 14.4 Å². The largest absolute Gasteiger partial charge is 0.355 e. The van der Waals surface area contributed by atoms with E-state index in [1.807, 2.05) is 65.1 Å². The zero-order chi connectivity index (χ0) is 24.7. The molecule has 0 heterocycles. The molecule has 0 saturated heterocycles. The van der Waals surface area contributed by atoms with E-state index in [1.54, 1.807) is 0 Å². The number of nitrogens with two attached hydrogens (primary N) is 1. The second-order valence-electron chi connectivity index (χ2n) is 7.78. The molecule has 0 spiro atoms. The number of hydrogen-bond donors (Lipinski definition) is 4.